The number of carbonyl (C=O) groups is 1. The lowest BCUT2D eigenvalue weighted by Crippen LogP contribution is -2.39. The summed E-state index contributed by atoms with van der Waals surface area (Å²) < 4.78 is 0. The third kappa shape index (κ3) is 3.61. The zero-order valence-electron chi connectivity index (χ0n) is 13.1. The molecule has 1 amide bonds. The molecule has 0 bridgehead atoms. The Balaban J connectivity index is 1.58. The molecule has 2 aromatic rings. The molecule has 0 radical (unpaired) electrons. The topological polar surface area (TPSA) is 56.1 Å². The molecule has 3 rings (SSSR count). The van der Waals surface area contributed by atoms with Crippen molar-refractivity contribution in [1.82, 2.24) is 4.90 Å². The van der Waals surface area contributed by atoms with Gasteiger partial charge in [-0.2, -0.15) is 5.26 Å². The molecule has 0 saturated carbocycles. The van der Waals surface area contributed by atoms with Crippen LogP contribution in [0.15, 0.2) is 35.7 Å². The van der Waals surface area contributed by atoms with Gasteiger partial charge in [0.15, 0.2) is 0 Å². The molecule has 1 aromatic carbocycles. The third-order valence-electron chi connectivity index (χ3n) is 4.27. The van der Waals surface area contributed by atoms with E-state index in [1.165, 1.54) is 10.4 Å². The van der Waals surface area contributed by atoms with Crippen LogP contribution in [0.5, 0.6) is 0 Å². The second-order valence-electron chi connectivity index (χ2n) is 5.78. The molecule has 5 heteroatoms. The number of nitrogens with zero attached hydrogens (tertiary/aromatic N) is 2. The summed E-state index contributed by atoms with van der Waals surface area (Å²) >= 11 is 1.81. The maximum atomic E-state index is 12.3. The van der Waals surface area contributed by atoms with E-state index in [2.05, 4.69) is 34.7 Å². The van der Waals surface area contributed by atoms with E-state index in [1.807, 2.05) is 35.6 Å². The summed E-state index contributed by atoms with van der Waals surface area (Å²) in [7, 11) is 0. The molecule has 1 aliphatic heterocycles. The summed E-state index contributed by atoms with van der Waals surface area (Å²) in [6.45, 7) is 3.48. The summed E-state index contributed by atoms with van der Waals surface area (Å²) in [5.41, 5.74) is 3.09. The lowest BCUT2D eigenvalue weighted by atomic mass is 10.0. The van der Waals surface area contributed by atoms with Gasteiger partial charge in [-0.3, -0.25) is 9.69 Å². The molecule has 118 valence electrons. The van der Waals surface area contributed by atoms with E-state index in [1.54, 1.807) is 0 Å². The largest absolute Gasteiger partial charge is 0.325 e. The molecule has 1 unspecified atom stereocenters. The zero-order chi connectivity index (χ0) is 16.2. The van der Waals surface area contributed by atoms with Crippen molar-refractivity contribution in [2.45, 2.75) is 25.8 Å². The zero-order valence-corrected chi connectivity index (χ0v) is 13.9. The molecular weight excluding hydrogens is 306 g/mol. The van der Waals surface area contributed by atoms with Crippen molar-refractivity contribution in [3.05, 3.63) is 51.7 Å². The lowest BCUT2D eigenvalue weighted by Gasteiger charge is -2.32. The van der Waals surface area contributed by atoms with Gasteiger partial charge in [0.05, 0.1) is 19.0 Å². The standard InChI is InChI=1S/C18H19N3OS/c1-13-16-8-11-23-17(16)7-10-21(13)12-18(22)20-15-4-2-14(3-5-15)6-9-19/h2-5,8,11,13H,6-7,10,12H2,1H3,(H,20,22). The highest BCUT2D eigenvalue weighted by atomic mass is 32.1. The van der Waals surface area contributed by atoms with Gasteiger partial charge in [0.2, 0.25) is 5.91 Å². The first-order valence-electron chi connectivity index (χ1n) is 7.73. The van der Waals surface area contributed by atoms with E-state index in [0.717, 1.165) is 24.2 Å². The predicted octanol–water partition coefficient (Wildman–Crippen LogP) is 3.37. The number of carbonyl (C=O) groups excluding carboxylic acids is 1. The number of nitrogens with one attached hydrogen (secondary N) is 1. The van der Waals surface area contributed by atoms with Crippen molar-refractivity contribution in [2.75, 3.05) is 18.4 Å². The van der Waals surface area contributed by atoms with Crippen molar-refractivity contribution >= 4 is 22.9 Å². The van der Waals surface area contributed by atoms with Gasteiger partial charge in [0.25, 0.3) is 0 Å². The number of hydrogen-bond acceptors (Lipinski definition) is 4. The minimum atomic E-state index is 0.00330. The highest BCUT2D eigenvalue weighted by Gasteiger charge is 2.26. The van der Waals surface area contributed by atoms with Gasteiger partial charge in [-0.1, -0.05) is 12.1 Å². The molecule has 0 spiro atoms. The highest BCUT2D eigenvalue weighted by molar-refractivity contribution is 7.10. The summed E-state index contributed by atoms with van der Waals surface area (Å²) in [6, 6.07) is 12.0. The summed E-state index contributed by atoms with van der Waals surface area (Å²) in [5, 5.41) is 13.7. The number of nitriles is 1. The fourth-order valence-electron chi connectivity index (χ4n) is 2.96. The van der Waals surface area contributed by atoms with Gasteiger partial charge >= 0.3 is 0 Å². The minimum absolute atomic E-state index is 0.00330. The van der Waals surface area contributed by atoms with Crippen LogP contribution in [0.1, 0.15) is 29.0 Å². The third-order valence-corrected chi connectivity index (χ3v) is 5.27. The van der Waals surface area contributed by atoms with Gasteiger partial charge in [0, 0.05) is 23.2 Å². The van der Waals surface area contributed by atoms with Crippen molar-refractivity contribution in [1.29, 1.82) is 5.26 Å². The second kappa shape index (κ2) is 6.95. The number of anilines is 1. The molecule has 2 heterocycles. The Bertz CT molecular complexity index is 729. The van der Waals surface area contributed by atoms with E-state index in [4.69, 9.17) is 5.26 Å². The Morgan fingerprint density at radius 1 is 1.39 bits per heavy atom. The first-order chi connectivity index (χ1) is 11.2. The quantitative estimate of drug-likeness (QED) is 0.937. The number of hydrogen-bond donors (Lipinski definition) is 1. The molecule has 4 nitrogen and oxygen atoms in total. The van der Waals surface area contributed by atoms with Crippen molar-refractivity contribution in [2.24, 2.45) is 0 Å². The number of benzene rings is 1. The van der Waals surface area contributed by atoms with E-state index in [-0.39, 0.29) is 11.9 Å². The van der Waals surface area contributed by atoms with Crippen LogP contribution >= 0.6 is 11.3 Å². The second-order valence-corrected chi connectivity index (χ2v) is 6.78. The van der Waals surface area contributed by atoms with Gasteiger partial charge < -0.3 is 5.32 Å². The Labute approximate surface area is 140 Å². The smallest absolute Gasteiger partial charge is 0.238 e. The average Bonchev–Trinajstić information content (AvgIpc) is 3.02. The van der Waals surface area contributed by atoms with Crippen LogP contribution < -0.4 is 5.32 Å². The Kier molecular flexibility index (Phi) is 4.75. The van der Waals surface area contributed by atoms with Crippen LogP contribution in [0.4, 0.5) is 5.69 Å². The fraction of sp³-hybridized carbons (Fsp3) is 0.333. The molecular formula is C18H19N3OS. The molecule has 0 saturated heterocycles. The van der Waals surface area contributed by atoms with Crippen molar-refractivity contribution in [3.63, 3.8) is 0 Å². The fourth-order valence-corrected chi connectivity index (χ4v) is 3.92. The van der Waals surface area contributed by atoms with Crippen LogP contribution in [-0.2, 0) is 17.6 Å². The number of amides is 1. The van der Waals surface area contributed by atoms with Crippen LogP contribution in [0.25, 0.3) is 0 Å². The monoisotopic (exact) mass is 325 g/mol. The summed E-state index contributed by atoms with van der Waals surface area (Å²) in [4.78, 5) is 15.9. The van der Waals surface area contributed by atoms with Crippen molar-refractivity contribution < 1.29 is 4.79 Å². The van der Waals surface area contributed by atoms with Gasteiger partial charge in [-0.15, -0.1) is 11.3 Å². The molecule has 1 atom stereocenters. The van der Waals surface area contributed by atoms with E-state index >= 15 is 0 Å². The molecule has 0 fully saturated rings. The van der Waals surface area contributed by atoms with Gasteiger partial charge in [-0.05, 0) is 48.1 Å². The molecule has 0 aliphatic carbocycles. The molecule has 1 aliphatic rings. The first-order valence-corrected chi connectivity index (χ1v) is 8.61. The molecule has 23 heavy (non-hydrogen) atoms. The summed E-state index contributed by atoms with van der Waals surface area (Å²) in [6.07, 6.45) is 1.41. The van der Waals surface area contributed by atoms with E-state index in [9.17, 15) is 4.79 Å². The number of fused-ring (bicyclic) bond motifs is 1. The SMILES string of the molecule is CC1c2ccsc2CCN1CC(=O)Nc1ccc(CC#N)cc1. The van der Waals surface area contributed by atoms with Crippen LogP contribution in [0, 0.1) is 11.3 Å². The normalized spacial score (nSPS) is 17.3. The van der Waals surface area contributed by atoms with Crippen LogP contribution in [0.3, 0.4) is 0 Å². The Hall–Kier alpha value is -2.16. The maximum absolute atomic E-state index is 12.3. The number of rotatable bonds is 4. The maximum Gasteiger partial charge on any atom is 0.238 e. The predicted molar refractivity (Wildman–Crippen MR) is 92.4 cm³/mol. The Morgan fingerprint density at radius 2 is 2.17 bits per heavy atom. The van der Waals surface area contributed by atoms with Crippen molar-refractivity contribution in [3.8, 4) is 6.07 Å². The summed E-state index contributed by atoms with van der Waals surface area (Å²) in [5.74, 6) is 0.00330. The van der Waals surface area contributed by atoms with E-state index in [0.29, 0.717) is 13.0 Å². The minimum Gasteiger partial charge on any atom is -0.325 e. The number of thiophene rings is 1. The van der Waals surface area contributed by atoms with Gasteiger partial charge in [0.1, 0.15) is 0 Å². The first kappa shape index (κ1) is 15.7. The lowest BCUT2D eigenvalue weighted by molar-refractivity contribution is -0.117. The van der Waals surface area contributed by atoms with Crippen LogP contribution in [0.2, 0.25) is 0 Å². The molecule has 1 N–H and O–H groups in total. The van der Waals surface area contributed by atoms with Gasteiger partial charge in [-0.25, -0.2) is 0 Å². The van der Waals surface area contributed by atoms with Crippen LogP contribution in [-0.4, -0.2) is 23.9 Å². The Morgan fingerprint density at radius 3 is 2.91 bits per heavy atom. The average molecular weight is 325 g/mol. The highest BCUT2D eigenvalue weighted by Crippen LogP contribution is 2.32. The van der Waals surface area contributed by atoms with E-state index < -0.39 is 0 Å². The molecule has 1 aromatic heterocycles.